The molecule has 5 nitrogen and oxygen atoms in total. The standard InChI is InChI=1S/C16H10Cl2F2N2O3S/c17-10-3-1-9(5-11(10)18)16-15(13(7-19)25-22-16)8-2-4-14(12(20)6-8)26(21,23)24/h1-6H,7H2,(H2,21,23,24). The molecule has 26 heavy (non-hydrogen) atoms. The molecular formula is C16H10Cl2F2N2O3S. The van der Waals surface area contributed by atoms with Crippen molar-refractivity contribution in [1.29, 1.82) is 0 Å². The maximum Gasteiger partial charge on any atom is 0.240 e. The highest BCUT2D eigenvalue weighted by molar-refractivity contribution is 7.89. The van der Waals surface area contributed by atoms with E-state index in [1.807, 2.05) is 0 Å². The van der Waals surface area contributed by atoms with Crippen molar-refractivity contribution >= 4 is 33.2 Å². The van der Waals surface area contributed by atoms with Gasteiger partial charge in [0.25, 0.3) is 0 Å². The lowest BCUT2D eigenvalue weighted by atomic mass is 9.99. The summed E-state index contributed by atoms with van der Waals surface area (Å²) in [6.45, 7) is -0.998. The zero-order valence-electron chi connectivity index (χ0n) is 12.8. The summed E-state index contributed by atoms with van der Waals surface area (Å²) < 4.78 is 55.2. The van der Waals surface area contributed by atoms with E-state index in [0.717, 1.165) is 12.1 Å². The Morgan fingerprint density at radius 2 is 1.77 bits per heavy atom. The second-order valence-corrected chi connectivity index (χ2v) is 7.63. The van der Waals surface area contributed by atoms with Crippen molar-refractivity contribution in [3.8, 4) is 22.4 Å². The van der Waals surface area contributed by atoms with Crippen LogP contribution >= 0.6 is 23.2 Å². The molecule has 0 aliphatic rings. The van der Waals surface area contributed by atoms with E-state index in [4.69, 9.17) is 32.9 Å². The van der Waals surface area contributed by atoms with Gasteiger partial charge in [-0.3, -0.25) is 0 Å². The maximum atomic E-state index is 14.2. The Hall–Kier alpha value is -2.00. The molecule has 0 saturated heterocycles. The fourth-order valence-electron chi connectivity index (χ4n) is 2.44. The van der Waals surface area contributed by atoms with Crippen molar-refractivity contribution in [2.45, 2.75) is 11.6 Å². The molecule has 0 unspecified atom stereocenters. The normalized spacial score (nSPS) is 11.7. The fraction of sp³-hybridized carbons (Fsp3) is 0.0625. The van der Waals surface area contributed by atoms with E-state index in [0.29, 0.717) is 10.6 Å². The second-order valence-electron chi connectivity index (χ2n) is 5.28. The Morgan fingerprint density at radius 1 is 1.08 bits per heavy atom. The lowest BCUT2D eigenvalue weighted by molar-refractivity contribution is 0.332. The van der Waals surface area contributed by atoms with Crippen molar-refractivity contribution in [2.75, 3.05) is 0 Å². The quantitative estimate of drug-likeness (QED) is 0.671. The van der Waals surface area contributed by atoms with Gasteiger partial charge in [-0.15, -0.1) is 0 Å². The van der Waals surface area contributed by atoms with Crippen LogP contribution in [0.5, 0.6) is 0 Å². The molecule has 1 heterocycles. The van der Waals surface area contributed by atoms with E-state index in [9.17, 15) is 17.2 Å². The molecular weight excluding hydrogens is 409 g/mol. The molecule has 0 atom stereocenters. The molecule has 0 aliphatic heterocycles. The third kappa shape index (κ3) is 3.45. The minimum Gasteiger partial charge on any atom is -0.357 e. The predicted octanol–water partition coefficient (Wildman–Crippen LogP) is 4.57. The molecule has 1 aromatic heterocycles. The highest BCUT2D eigenvalue weighted by Crippen LogP contribution is 2.38. The van der Waals surface area contributed by atoms with Gasteiger partial charge in [-0.2, -0.15) is 0 Å². The highest BCUT2D eigenvalue weighted by Gasteiger charge is 2.22. The zero-order chi connectivity index (χ0) is 19.1. The summed E-state index contributed by atoms with van der Waals surface area (Å²) in [4.78, 5) is -0.671. The number of rotatable bonds is 4. The average Bonchev–Trinajstić information content (AvgIpc) is 3.00. The van der Waals surface area contributed by atoms with Gasteiger partial charge < -0.3 is 4.52 Å². The van der Waals surface area contributed by atoms with E-state index < -0.39 is 27.4 Å². The van der Waals surface area contributed by atoms with Crippen LogP contribution in [0.15, 0.2) is 45.8 Å². The van der Waals surface area contributed by atoms with Crippen molar-refractivity contribution < 1.29 is 21.7 Å². The molecule has 3 rings (SSSR count). The summed E-state index contributed by atoms with van der Waals surface area (Å²) in [5.41, 5.74) is 1.02. The van der Waals surface area contributed by atoms with Crippen molar-refractivity contribution in [3.05, 3.63) is 58.0 Å². The van der Waals surface area contributed by atoms with Gasteiger partial charge in [0.2, 0.25) is 10.0 Å². The minimum atomic E-state index is -4.23. The van der Waals surface area contributed by atoms with Crippen molar-refractivity contribution in [3.63, 3.8) is 0 Å². The van der Waals surface area contributed by atoms with Crippen LogP contribution in [0, 0.1) is 5.82 Å². The first-order valence-corrected chi connectivity index (χ1v) is 9.35. The monoisotopic (exact) mass is 418 g/mol. The van der Waals surface area contributed by atoms with Crippen LogP contribution < -0.4 is 5.14 Å². The number of alkyl halides is 1. The zero-order valence-corrected chi connectivity index (χ0v) is 15.2. The first kappa shape index (κ1) is 18.8. The number of benzene rings is 2. The summed E-state index contributed by atoms with van der Waals surface area (Å²) in [7, 11) is -4.23. The molecule has 0 amide bonds. The SMILES string of the molecule is NS(=O)(=O)c1ccc(-c2c(-c3ccc(Cl)c(Cl)c3)noc2CF)cc1F. The van der Waals surface area contributed by atoms with Gasteiger partial charge in [0.1, 0.15) is 16.4 Å². The average molecular weight is 419 g/mol. The van der Waals surface area contributed by atoms with Gasteiger partial charge in [0.15, 0.2) is 12.4 Å². The van der Waals surface area contributed by atoms with Gasteiger partial charge in [0, 0.05) is 5.56 Å². The lowest BCUT2D eigenvalue weighted by Gasteiger charge is -2.07. The topological polar surface area (TPSA) is 86.2 Å². The summed E-state index contributed by atoms with van der Waals surface area (Å²) in [5.74, 6) is -1.22. The molecule has 3 aromatic rings. The van der Waals surface area contributed by atoms with Gasteiger partial charge in [-0.25, -0.2) is 22.3 Å². The van der Waals surface area contributed by atoms with Crippen molar-refractivity contribution in [2.24, 2.45) is 5.14 Å². The Balaban J connectivity index is 2.20. The van der Waals surface area contributed by atoms with Crippen LogP contribution in [0.4, 0.5) is 8.78 Å². The Labute approximate surface area is 157 Å². The first-order chi connectivity index (χ1) is 12.2. The Bertz CT molecular complexity index is 1100. The molecule has 0 saturated carbocycles. The van der Waals surface area contributed by atoms with Gasteiger partial charge in [-0.1, -0.05) is 40.5 Å². The number of aromatic nitrogens is 1. The predicted molar refractivity (Wildman–Crippen MR) is 93.5 cm³/mol. The fourth-order valence-corrected chi connectivity index (χ4v) is 3.33. The van der Waals surface area contributed by atoms with E-state index >= 15 is 0 Å². The largest absolute Gasteiger partial charge is 0.357 e. The minimum absolute atomic E-state index is 0.145. The van der Waals surface area contributed by atoms with E-state index in [1.165, 1.54) is 18.2 Å². The van der Waals surface area contributed by atoms with Crippen LogP contribution in [0.1, 0.15) is 5.76 Å². The molecule has 2 N–H and O–H groups in total. The molecule has 0 spiro atoms. The molecule has 0 aliphatic carbocycles. The van der Waals surface area contributed by atoms with Crippen LogP contribution in [-0.2, 0) is 16.7 Å². The number of nitrogens with two attached hydrogens (primary N) is 1. The number of nitrogens with zero attached hydrogens (tertiary/aromatic N) is 1. The summed E-state index contributed by atoms with van der Waals surface area (Å²) in [5, 5.41) is 9.33. The van der Waals surface area contributed by atoms with E-state index in [1.54, 1.807) is 6.07 Å². The number of hydrogen-bond donors (Lipinski definition) is 1. The molecule has 10 heteroatoms. The van der Waals surface area contributed by atoms with Gasteiger partial charge >= 0.3 is 0 Å². The van der Waals surface area contributed by atoms with E-state index in [-0.39, 0.29) is 27.6 Å². The summed E-state index contributed by atoms with van der Waals surface area (Å²) >= 11 is 11.9. The summed E-state index contributed by atoms with van der Waals surface area (Å²) in [6, 6.07) is 7.82. The van der Waals surface area contributed by atoms with Crippen LogP contribution in [0.25, 0.3) is 22.4 Å². The number of halogens is 4. The maximum absolute atomic E-state index is 14.2. The van der Waals surface area contributed by atoms with Crippen LogP contribution in [-0.4, -0.2) is 13.6 Å². The van der Waals surface area contributed by atoms with Crippen molar-refractivity contribution in [1.82, 2.24) is 5.16 Å². The molecule has 0 fully saturated rings. The third-order valence-corrected chi connectivity index (χ3v) is 5.29. The number of primary sulfonamides is 1. The van der Waals surface area contributed by atoms with Gasteiger partial charge in [0.05, 0.1) is 15.6 Å². The summed E-state index contributed by atoms with van der Waals surface area (Å²) in [6.07, 6.45) is 0. The van der Waals surface area contributed by atoms with Crippen LogP contribution in [0.2, 0.25) is 10.0 Å². The highest BCUT2D eigenvalue weighted by atomic mass is 35.5. The molecule has 2 aromatic carbocycles. The molecule has 136 valence electrons. The number of sulfonamides is 1. The lowest BCUT2D eigenvalue weighted by Crippen LogP contribution is -2.13. The second kappa shape index (κ2) is 6.96. The van der Waals surface area contributed by atoms with Gasteiger partial charge in [-0.05, 0) is 29.8 Å². The third-order valence-electron chi connectivity index (χ3n) is 3.60. The van der Waals surface area contributed by atoms with E-state index in [2.05, 4.69) is 5.16 Å². The van der Waals surface area contributed by atoms with Crippen LogP contribution in [0.3, 0.4) is 0 Å². The number of hydrogen-bond acceptors (Lipinski definition) is 4. The molecule has 0 bridgehead atoms. The smallest absolute Gasteiger partial charge is 0.240 e. The Kier molecular flexibility index (Phi) is 5.03. The Morgan fingerprint density at radius 3 is 2.35 bits per heavy atom. The first-order valence-electron chi connectivity index (χ1n) is 7.05. The molecule has 0 radical (unpaired) electrons.